The highest BCUT2D eigenvalue weighted by Crippen LogP contribution is 2.20. The van der Waals surface area contributed by atoms with Crippen molar-refractivity contribution in [3.8, 4) is 0 Å². The van der Waals surface area contributed by atoms with Crippen molar-refractivity contribution < 1.29 is 13.9 Å². The van der Waals surface area contributed by atoms with Gasteiger partial charge in [0.2, 0.25) is 5.91 Å². The predicted molar refractivity (Wildman–Crippen MR) is 95.3 cm³/mol. The SMILES string of the molecule is COCc1cc(NC2CCN(Cc3ccc(F)cc3)C2=O)n2ncnc2n1. The second-order valence-corrected chi connectivity index (χ2v) is 6.41. The maximum absolute atomic E-state index is 13.1. The summed E-state index contributed by atoms with van der Waals surface area (Å²) >= 11 is 0. The maximum Gasteiger partial charge on any atom is 0.254 e. The van der Waals surface area contributed by atoms with Crippen LogP contribution >= 0.6 is 0 Å². The summed E-state index contributed by atoms with van der Waals surface area (Å²) in [6, 6.07) is 7.64. The van der Waals surface area contributed by atoms with Crippen LogP contribution in [0.4, 0.5) is 10.2 Å². The molecule has 1 N–H and O–H groups in total. The lowest BCUT2D eigenvalue weighted by atomic mass is 10.2. The van der Waals surface area contributed by atoms with Crippen molar-refractivity contribution in [3.63, 3.8) is 0 Å². The number of carbonyl (C=O) groups excluding carboxylic acids is 1. The zero-order valence-corrected chi connectivity index (χ0v) is 14.8. The van der Waals surface area contributed by atoms with E-state index in [2.05, 4.69) is 20.4 Å². The molecule has 4 rings (SSSR count). The minimum atomic E-state index is -0.365. The number of benzene rings is 1. The van der Waals surface area contributed by atoms with Crippen molar-refractivity contribution in [1.82, 2.24) is 24.5 Å². The van der Waals surface area contributed by atoms with Crippen molar-refractivity contribution in [1.29, 1.82) is 0 Å². The van der Waals surface area contributed by atoms with Crippen LogP contribution in [0.5, 0.6) is 0 Å². The van der Waals surface area contributed by atoms with Gasteiger partial charge in [0, 0.05) is 26.3 Å². The van der Waals surface area contributed by atoms with Gasteiger partial charge in [-0.05, 0) is 24.1 Å². The molecule has 1 aliphatic heterocycles. The van der Waals surface area contributed by atoms with Crippen LogP contribution in [-0.2, 0) is 22.7 Å². The molecule has 0 bridgehead atoms. The number of carbonyl (C=O) groups is 1. The van der Waals surface area contributed by atoms with E-state index in [0.717, 1.165) is 5.56 Å². The highest BCUT2D eigenvalue weighted by Gasteiger charge is 2.32. The fraction of sp³-hybridized carbons (Fsp3) is 0.333. The Morgan fingerprint density at radius 3 is 2.93 bits per heavy atom. The van der Waals surface area contributed by atoms with Gasteiger partial charge in [-0.15, -0.1) is 0 Å². The molecule has 8 nitrogen and oxygen atoms in total. The summed E-state index contributed by atoms with van der Waals surface area (Å²) in [6.07, 6.45) is 2.08. The maximum atomic E-state index is 13.1. The molecule has 0 aliphatic carbocycles. The third kappa shape index (κ3) is 3.59. The van der Waals surface area contributed by atoms with Gasteiger partial charge in [-0.2, -0.15) is 14.6 Å². The summed E-state index contributed by atoms with van der Waals surface area (Å²) in [5.74, 6) is 0.803. The molecule has 3 heterocycles. The molecule has 1 saturated heterocycles. The first-order valence-corrected chi connectivity index (χ1v) is 8.62. The van der Waals surface area contributed by atoms with E-state index in [1.807, 2.05) is 0 Å². The van der Waals surface area contributed by atoms with E-state index in [4.69, 9.17) is 4.74 Å². The van der Waals surface area contributed by atoms with Crippen LogP contribution in [0.2, 0.25) is 0 Å². The molecular weight excluding hydrogens is 351 g/mol. The van der Waals surface area contributed by atoms with Gasteiger partial charge in [-0.25, -0.2) is 9.37 Å². The molecule has 1 fully saturated rings. The van der Waals surface area contributed by atoms with Crippen LogP contribution in [0.1, 0.15) is 17.7 Å². The first-order chi connectivity index (χ1) is 13.1. The van der Waals surface area contributed by atoms with E-state index in [1.165, 1.54) is 18.5 Å². The van der Waals surface area contributed by atoms with Crippen molar-refractivity contribution in [3.05, 3.63) is 53.7 Å². The highest BCUT2D eigenvalue weighted by atomic mass is 19.1. The summed E-state index contributed by atoms with van der Waals surface area (Å²) in [7, 11) is 1.59. The monoisotopic (exact) mass is 370 g/mol. The summed E-state index contributed by atoms with van der Waals surface area (Å²) in [6.45, 7) is 1.43. The number of amides is 1. The number of anilines is 1. The number of aromatic nitrogens is 4. The average molecular weight is 370 g/mol. The van der Waals surface area contributed by atoms with E-state index in [1.54, 1.807) is 34.7 Å². The number of rotatable bonds is 6. The molecule has 1 unspecified atom stereocenters. The quantitative estimate of drug-likeness (QED) is 0.710. The molecule has 1 aliphatic rings. The molecule has 1 amide bonds. The molecule has 0 saturated carbocycles. The Balaban J connectivity index is 1.50. The first-order valence-electron chi connectivity index (χ1n) is 8.62. The fourth-order valence-electron chi connectivity index (χ4n) is 3.20. The minimum Gasteiger partial charge on any atom is -0.378 e. The first kappa shape index (κ1) is 17.3. The molecular formula is C18H19FN6O2. The molecule has 0 spiro atoms. The van der Waals surface area contributed by atoms with Crippen LogP contribution < -0.4 is 5.32 Å². The molecule has 3 aromatic rings. The van der Waals surface area contributed by atoms with E-state index >= 15 is 0 Å². The van der Waals surface area contributed by atoms with Gasteiger partial charge >= 0.3 is 0 Å². The van der Waals surface area contributed by atoms with Gasteiger partial charge in [0.15, 0.2) is 0 Å². The number of nitrogens with one attached hydrogen (secondary N) is 1. The summed E-state index contributed by atoms with van der Waals surface area (Å²) in [4.78, 5) is 23.0. The normalized spacial score (nSPS) is 17.0. The third-order valence-corrected chi connectivity index (χ3v) is 4.50. The van der Waals surface area contributed by atoms with E-state index in [0.29, 0.717) is 43.4 Å². The van der Waals surface area contributed by atoms with Crippen LogP contribution in [0.25, 0.3) is 5.78 Å². The topological polar surface area (TPSA) is 84.7 Å². The molecule has 9 heteroatoms. The highest BCUT2D eigenvalue weighted by molar-refractivity contribution is 5.86. The van der Waals surface area contributed by atoms with E-state index in [9.17, 15) is 9.18 Å². The fourth-order valence-corrected chi connectivity index (χ4v) is 3.20. The number of hydrogen-bond donors (Lipinski definition) is 1. The van der Waals surface area contributed by atoms with Gasteiger partial charge in [-0.1, -0.05) is 12.1 Å². The Kier molecular flexibility index (Phi) is 4.68. The Morgan fingerprint density at radius 2 is 2.15 bits per heavy atom. The standard InChI is InChI=1S/C18H19FN6O2/c1-27-10-14-8-16(25-18(22-14)20-11-21-25)23-15-6-7-24(17(15)26)9-12-2-4-13(19)5-3-12/h2-5,8,11,15,23H,6-7,9-10H2,1H3. The molecule has 0 radical (unpaired) electrons. The van der Waals surface area contributed by atoms with Gasteiger partial charge in [-0.3, -0.25) is 4.79 Å². The Hall–Kier alpha value is -3.07. The number of hydrogen-bond acceptors (Lipinski definition) is 6. The van der Waals surface area contributed by atoms with Gasteiger partial charge in [0.05, 0.1) is 12.3 Å². The number of fused-ring (bicyclic) bond motifs is 1. The van der Waals surface area contributed by atoms with Crippen LogP contribution in [0, 0.1) is 5.82 Å². The summed E-state index contributed by atoms with van der Waals surface area (Å²) < 4.78 is 19.8. The van der Waals surface area contributed by atoms with Crippen molar-refractivity contribution in [2.75, 3.05) is 19.0 Å². The number of ether oxygens (including phenoxy) is 1. The molecule has 27 heavy (non-hydrogen) atoms. The van der Waals surface area contributed by atoms with E-state index in [-0.39, 0.29) is 17.8 Å². The lowest BCUT2D eigenvalue weighted by Gasteiger charge is -2.18. The average Bonchev–Trinajstić information content (AvgIpc) is 3.26. The second-order valence-electron chi connectivity index (χ2n) is 6.41. The third-order valence-electron chi connectivity index (χ3n) is 4.50. The number of halogens is 1. The molecule has 2 aromatic heterocycles. The number of methoxy groups -OCH3 is 1. The number of nitrogens with zero attached hydrogens (tertiary/aromatic N) is 5. The number of likely N-dealkylation sites (tertiary alicyclic amines) is 1. The minimum absolute atomic E-state index is 0.00214. The summed E-state index contributed by atoms with van der Waals surface area (Å²) in [5.41, 5.74) is 1.60. The Labute approximate surface area is 155 Å². The van der Waals surface area contributed by atoms with Gasteiger partial charge in [0.25, 0.3) is 5.78 Å². The molecule has 1 aromatic carbocycles. The van der Waals surface area contributed by atoms with Gasteiger partial charge < -0.3 is 15.0 Å². The Morgan fingerprint density at radius 1 is 1.33 bits per heavy atom. The Bertz CT molecular complexity index is 958. The van der Waals surface area contributed by atoms with Crippen LogP contribution in [0.3, 0.4) is 0 Å². The summed E-state index contributed by atoms with van der Waals surface area (Å²) in [5, 5.41) is 7.42. The van der Waals surface area contributed by atoms with E-state index < -0.39 is 0 Å². The van der Waals surface area contributed by atoms with Gasteiger partial charge in [0.1, 0.15) is 24.0 Å². The second kappa shape index (κ2) is 7.28. The smallest absolute Gasteiger partial charge is 0.254 e. The molecule has 1 atom stereocenters. The zero-order valence-electron chi connectivity index (χ0n) is 14.8. The van der Waals surface area contributed by atoms with Crippen LogP contribution in [-0.4, -0.2) is 50.1 Å². The van der Waals surface area contributed by atoms with Crippen molar-refractivity contribution >= 4 is 17.5 Å². The predicted octanol–water partition coefficient (Wildman–Crippen LogP) is 1.62. The largest absolute Gasteiger partial charge is 0.378 e. The zero-order chi connectivity index (χ0) is 18.8. The van der Waals surface area contributed by atoms with Crippen LogP contribution in [0.15, 0.2) is 36.7 Å². The molecule has 140 valence electrons. The lowest BCUT2D eigenvalue weighted by molar-refractivity contribution is -0.128. The van der Waals surface area contributed by atoms with Crippen molar-refractivity contribution in [2.24, 2.45) is 0 Å². The lowest BCUT2D eigenvalue weighted by Crippen LogP contribution is -2.33. The van der Waals surface area contributed by atoms with Crippen molar-refractivity contribution in [2.45, 2.75) is 25.6 Å².